The Hall–Kier alpha value is -0.530. The first-order chi connectivity index (χ1) is 13.6. The summed E-state index contributed by atoms with van der Waals surface area (Å²) in [6.45, 7) is 9.53. The summed E-state index contributed by atoms with van der Waals surface area (Å²) >= 11 is 0. The monoisotopic (exact) mass is 396 g/mol. The summed E-state index contributed by atoms with van der Waals surface area (Å²) in [6.07, 6.45) is 23.4. The summed E-state index contributed by atoms with van der Waals surface area (Å²) in [6, 6.07) is 0. The van der Waals surface area contributed by atoms with Gasteiger partial charge in [-0.3, -0.25) is 4.79 Å². The first kappa shape index (κ1) is 27.5. The van der Waals surface area contributed by atoms with Crippen molar-refractivity contribution in [2.45, 2.75) is 143 Å². The Kier molecular flexibility index (Phi) is 20.8. The third kappa shape index (κ3) is 18.8. The molecule has 0 heterocycles. The summed E-state index contributed by atoms with van der Waals surface area (Å²) < 4.78 is 5.44. The van der Waals surface area contributed by atoms with Gasteiger partial charge in [0.1, 0.15) is 0 Å². The number of hydrogen-bond donors (Lipinski definition) is 0. The van der Waals surface area contributed by atoms with Gasteiger partial charge in [0, 0.05) is 0 Å². The highest BCUT2D eigenvalue weighted by Crippen LogP contribution is 2.16. The standard InChI is InChI=1S/C26H52O2/c1-5-7-8-19-22-25(4)26(27)28-23-20-17-15-13-11-9-10-12-14-16-18-21-24(3)6-2/h24-25H,5-23H2,1-4H3. The van der Waals surface area contributed by atoms with Crippen molar-refractivity contribution >= 4 is 5.97 Å². The first-order valence-corrected chi connectivity index (χ1v) is 12.8. The lowest BCUT2D eigenvalue weighted by Crippen LogP contribution is -2.15. The van der Waals surface area contributed by atoms with Crippen LogP contribution >= 0.6 is 0 Å². The Balaban J connectivity index is 3.25. The number of carbonyl (C=O) groups is 1. The van der Waals surface area contributed by atoms with Gasteiger partial charge in [-0.05, 0) is 18.8 Å². The SMILES string of the molecule is CCCCCCC(C)C(=O)OCCCCCCCCCCCCCC(C)CC. The molecule has 0 spiro atoms. The second-order valence-electron chi connectivity index (χ2n) is 9.11. The molecule has 0 aliphatic heterocycles. The predicted octanol–water partition coefficient (Wildman–Crippen LogP) is 8.86. The minimum Gasteiger partial charge on any atom is -0.465 e. The van der Waals surface area contributed by atoms with Crippen molar-refractivity contribution in [1.29, 1.82) is 0 Å². The summed E-state index contributed by atoms with van der Waals surface area (Å²) in [5, 5.41) is 0. The van der Waals surface area contributed by atoms with Crippen LogP contribution in [0.4, 0.5) is 0 Å². The van der Waals surface area contributed by atoms with Crippen LogP contribution in [0.5, 0.6) is 0 Å². The van der Waals surface area contributed by atoms with E-state index in [4.69, 9.17) is 4.74 Å². The van der Waals surface area contributed by atoms with Gasteiger partial charge in [0.25, 0.3) is 0 Å². The molecule has 2 heteroatoms. The highest BCUT2D eigenvalue weighted by Gasteiger charge is 2.13. The summed E-state index contributed by atoms with van der Waals surface area (Å²) in [5.74, 6) is 1.01. The molecule has 2 nitrogen and oxygen atoms in total. The van der Waals surface area contributed by atoms with Crippen molar-refractivity contribution < 1.29 is 9.53 Å². The van der Waals surface area contributed by atoms with Gasteiger partial charge in [-0.2, -0.15) is 0 Å². The molecule has 0 saturated carbocycles. The molecule has 0 aromatic heterocycles. The van der Waals surface area contributed by atoms with Crippen LogP contribution in [0.25, 0.3) is 0 Å². The molecule has 2 atom stereocenters. The molecule has 28 heavy (non-hydrogen) atoms. The number of rotatable bonds is 21. The molecule has 0 saturated heterocycles. The molecular weight excluding hydrogens is 344 g/mol. The van der Waals surface area contributed by atoms with Crippen LogP contribution in [0.2, 0.25) is 0 Å². The van der Waals surface area contributed by atoms with Crippen molar-refractivity contribution in [2.24, 2.45) is 11.8 Å². The van der Waals surface area contributed by atoms with E-state index in [1.165, 1.54) is 96.3 Å². The fourth-order valence-corrected chi connectivity index (χ4v) is 3.70. The Morgan fingerprint density at radius 3 is 1.64 bits per heavy atom. The zero-order chi connectivity index (χ0) is 20.9. The molecule has 0 aromatic rings. The molecule has 0 fully saturated rings. The molecule has 168 valence electrons. The number of esters is 1. The average molecular weight is 397 g/mol. The minimum absolute atomic E-state index is 0.0145. The Labute approximate surface area is 177 Å². The van der Waals surface area contributed by atoms with Gasteiger partial charge in [-0.15, -0.1) is 0 Å². The molecule has 0 bridgehead atoms. The van der Waals surface area contributed by atoms with Crippen molar-refractivity contribution in [2.75, 3.05) is 6.61 Å². The zero-order valence-electron chi connectivity index (χ0n) is 19.9. The molecule has 0 rings (SSSR count). The number of unbranched alkanes of at least 4 members (excludes halogenated alkanes) is 13. The molecule has 0 radical (unpaired) electrons. The Bertz CT molecular complexity index is 326. The number of carbonyl (C=O) groups excluding carboxylic acids is 1. The fraction of sp³-hybridized carbons (Fsp3) is 0.962. The highest BCUT2D eigenvalue weighted by molar-refractivity contribution is 5.71. The normalized spacial score (nSPS) is 13.4. The van der Waals surface area contributed by atoms with Gasteiger partial charge in [-0.1, -0.05) is 130 Å². The first-order valence-electron chi connectivity index (χ1n) is 12.8. The van der Waals surface area contributed by atoms with E-state index >= 15 is 0 Å². The van der Waals surface area contributed by atoms with E-state index in [2.05, 4.69) is 20.8 Å². The lowest BCUT2D eigenvalue weighted by atomic mass is 9.99. The van der Waals surface area contributed by atoms with Crippen molar-refractivity contribution in [3.8, 4) is 0 Å². The van der Waals surface area contributed by atoms with Crippen LogP contribution in [0.1, 0.15) is 143 Å². The third-order valence-electron chi connectivity index (χ3n) is 6.18. The van der Waals surface area contributed by atoms with E-state index in [1.54, 1.807) is 0 Å². The van der Waals surface area contributed by atoms with Gasteiger partial charge >= 0.3 is 5.97 Å². The van der Waals surface area contributed by atoms with Gasteiger partial charge in [-0.25, -0.2) is 0 Å². The van der Waals surface area contributed by atoms with E-state index in [1.807, 2.05) is 6.92 Å². The highest BCUT2D eigenvalue weighted by atomic mass is 16.5. The van der Waals surface area contributed by atoms with Gasteiger partial charge in [0.2, 0.25) is 0 Å². The average Bonchev–Trinajstić information content (AvgIpc) is 2.70. The van der Waals surface area contributed by atoms with Crippen LogP contribution < -0.4 is 0 Å². The van der Waals surface area contributed by atoms with E-state index in [-0.39, 0.29) is 11.9 Å². The minimum atomic E-state index is 0.0145. The molecule has 0 aromatic carbocycles. The van der Waals surface area contributed by atoms with Crippen LogP contribution in [-0.4, -0.2) is 12.6 Å². The van der Waals surface area contributed by atoms with Crippen LogP contribution in [-0.2, 0) is 9.53 Å². The van der Waals surface area contributed by atoms with Gasteiger partial charge in [0.05, 0.1) is 12.5 Å². The second kappa shape index (κ2) is 21.2. The topological polar surface area (TPSA) is 26.3 Å². The van der Waals surface area contributed by atoms with Crippen molar-refractivity contribution in [3.05, 3.63) is 0 Å². The summed E-state index contributed by atoms with van der Waals surface area (Å²) in [5.41, 5.74) is 0. The van der Waals surface area contributed by atoms with E-state index in [0.717, 1.165) is 25.2 Å². The fourth-order valence-electron chi connectivity index (χ4n) is 3.70. The molecule has 0 amide bonds. The van der Waals surface area contributed by atoms with Crippen LogP contribution in [0.15, 0.2) is 0 Å². The van der Waals surface area contributed by atoms with Gasteiger partial charge in [0.15, 0.2) is 0 Å². The van der Waals surface area contributed by atoms with E-state index < -0.39 is 0 Å². The van der Waals surface area contributed by atoms with Gasteiger partial charge < -0.3 is 4.74 Å². The largest absolute Gasteiger partial charge is 0.465 e. The van der Waals surface area contributed by atoms with Crippen LogP contribution in [0.3, 0.4) is 0 Å². The van der Waals surface area contributed by atoms with E-state index in [9.17, 15) is 4.79 Å². The maximum Gasteiger partial charge on any atom is 0.308 e. The maximum atomic E-state index is 11.9. The molecular formula is C26H52O2. The summed E-state index contributed by atoms with van der Waals surface area (Å²) in [4.78, 5) is 11.9. The molecule has 0 aliphatic carbocycles. The Morgan fingerprint density at radius 2 is 1.11 bits per heavy atom. The lowest BCUT2D eigenvalue weighted by molar-refractivity contribution is -0.148. The van der Waals surface area contributed by atoms with Crippen molar-refractivity contribution in [3.63, 3.8) is 0 Å². The lowest BCUT2D eigenvalue weighted by Gasteiger charge is -2.11. The van der Waals surface area contributed by atoms with E-state index in [0.29, 0.717) is 6.61 Å². The smallest absolute Gasteiger partial charge is 0.308 e. The maximum absolute atomic E-state index is 11.9. The second-order valence-corrected chi connectivity index (χ2v) is 9.11. The Morgan fingerprint density at radius 1 is 0.643 bits per heavy atom. The zero-order valence-corrected chi connectivity index (χ0v) is 19.9. The number of ether oxygens (including phenoxy) is 1. The van der Waals surface area contributed by atoms with Crippen LogP contribution in [0, 0.1) is 11.8 Å². The molecule has 2 unspecified atom stereocenters. The summed E-state index contributed by atoms with van der Waals surface area (Å²) in [7, 11) is 0. The number of hydrogen-bond acceptors (Lipinski definition) is 2. The quantitative estimate of drug-likeness (QED) is 0.143. The molecule has 0 aliphatic rings. The third-order valence-corrected chi connectivity index (χ3v) is 6.18. The predicted molar refractivity (Wildman–Crippen MR) is 124 cm³/mol. The van der Waals surface area contributed by atoms with Crippen molar-refractivity contribution in [1.82, 2.24) is 0 Å². The molecule has 0 N–H and O–H groups in total.